The van der Waals surface area contributed by atoms with Crippen molar-refractivity contribution in [2.45, 2.75) is 90.5 Å². The Morgan fingerprint density at radius 1 is 1.13 bits per heavy atom. The number of rotatable bonds is 13. The van der Waals surface area contributed by atoms with E-state index < -0.39 is 41.6 Å². The lowest BCUT2D eigenvalue weighted by molar-refractivity contribution is -0.152. The third-order valence-electron chi connectivity index (χ3n) is 8.12. The van der Waals surface area contributed by atoms with Gasteiger partial charge >= 0.3 is 12.1 Å². The molecule has 45 heavy (non-hydrogen) atoms. The highest BCUT2D eigenvalue weighted by atomic mass is 16.6. The van der Waals surface area contributed by atoms with Gasteiger partial charge in [0.1, 0.15) is 35.7 Å². The van der Waals surface area contributed by atoms with E-state index in [-0.39, 0.29) is 25.0 Å². The fraction of sp³-hybridized carbons (Fsp3) is 0.559. The minimum Gasteiger partial charge on any atom is -0.497 e. The molecule has 2 heterocycles. The molecule has 2 aromatic rings. The Hall–Kier alpha value is -4.15. The molecule has 1 N–H and O–H groups in total. The standard InChI is InChI=1S/C34H46N4O7/c1-8-10-12-13-21-17-28(21)45-33(41)37-29(34(3,4)5)31(39)38-20-23(19-27(38)32(40)43-7)44-30-25(14-11-9-2)35-24-16-15-22(42-6)18-26(24)36-30/h9-10,12,15-16,18,21,23,27-29H,2,8,11,13-14,17,19-20H2,1,3-7H3,(H,37,41)/b12-10-/t21?,23-,27+,28-,29-/m1/s1. The van der Waals surface area contributed by atoms with E-state index in [1.54, 1.807) is 19.3 Å². The molecule has 1 aliphatic carbocycles. The van der Waals surface area contributed by atoms with Crippen LogP contribution in [-0.4, -0.2) is 77.9 Å². The molecule has 2 aliphatic rings. The SMILES string of the molecule is C=CCCc1nc2ccc(OC)cc2nc1O[C@@H]1C[C@@H](C(=O)OC)N(C(=O)[C@@H](NC(=O)O[C@@H]2CC2C/C=C\CC)C(C)(C)C)C1. The molecule has 11 nitrogen and oxygen atoms in total. The summed E-state index contributed by atoms with van der Waals surface area (Å²) >= 11 is 0. The molecule has 0 radical (unpaired) electrons. The monoisotopic (exact) mass is 622 g/mol. The van der Waals surface area contributed by atoms with Crippen molar-refractivity contribution < 1.29 is 33.3 Å². The number of aromatic nitrogens is 2. The Balaban J connectivity index is 1.53. The first-order valence-electron chi connectivity index (χ1n) is 15.6. The van der Waals surface area contributed by atoms with Gasteiger partial charge < -0.3 is 29.2 Å². The predicted octanol–water partition coefficient (Wildman–Crippen LogP) is 5.16. The molecule has 0 spiro atoms. The van der Waals surface area contributed by atoms with Gasteiger partial charge in [0.15, 0.2) is 0 Å². The molecule has 244 valence electrons. The van der Waals surface area contributed by atoms with E-state index in [0.29, 0.717) is 41.2 Å². The van der Waals surface area contributed by atoms with Crippen LogP contribution in [0.25, 0.3) is 11.0 Å². The van der Waals surface area contributed by atoms with Crippen LogP contribution in [0.2, 0.25) is 0 Å². The first-order valence-corrected chi connectivity index (χ1v) is 15.6. The minimum absolute atomic E-state index is 0.0924. The van der Waals surface area contributed by atoms with Gasteiger partial charge in [0, 0.05) is 18.4 Å². The van der Waals surface area contributed by atoms with E-state index >= 15 is 0 Å². The summed E-state index contributed by atoms with van der Waals surface area (Å²) in [7, 11) is 2.86. The summed E-state index contributed by atoms with van der Waals surface area (Å²) in [4.78, 5) is 50.9. The van der Waals surface area contributed by atoms with Gasteiger partial charge in [-0.15, -0.1) is 6.58 Å². The molecule has 1 aromatic carbocycles. The number of amides is 2. The quantitative estimate of drug-likeness (QED) is 0.238. The molecule has 1 aromatic heterocycles. The average molecular weight is 623 g/mol. The van der Waals surface area contributed by atoms with Crippen LogP contribution in [-0.2, 0) is 25.5 Å². The lowest BCUT2D eigenvalue weighted by Gasteiger charge is -2.34. The van der Waals surface area contributed by atoms with Gasteiger partial charge in [-0.2, -0.15) is 0 Å². The number of nitrogens with zero attached hydrogens (tertiary/aromatic N) is 3. The number of benzene rings is 1. The van der Waals surface area contributed by atoms with Crippen molar-refractivity contribution in [1.82, 2.24) is 20.2 Å². The summed E-state index contributed by atoms with van der Waals surface area (Å²) in [6, 6.07) is 3.57. The van der Waals surface area contributed by atoms with Crippen LogP contribution in [0.1, 0.15) is 65.5 Å². The van der Waals surface area contributed by atoms with Crippen molar-refractivity contribution >= 4 is 29.0 Å². The molecular formula is C34H46N4O7. The van der Waals surface area contributed by atoms with Crippen molar-refractivity contribution in [2.75, 3.05) is 20.8 Å². The summed E-state index contributed by atoms with van der Waals surface area (Å²) in [6.07, 6.45) is 8.63. The summed E-state index contributed by atoms with van der Waals surface area (Å²) in [5, 5.41) is 2.79. The number of likely N-dealkylation sites (tertiary alicyclic amines) is 1. The van der Waals surface area contributed by atoms with Crippen LogP contribution in [0, 0.1) is 11.3 Å². The smallest absolute Gasteiger partial charge is 0.408 e. The number of carbonyl (C=O) groups excluding carboxylic acids is 3. The Labute approximate surface area is 265 Å². The molecule has 1 unspecified atom stereocenters. The fourth-order valence-electron chi connectivity index (χ4n) is 5.47. The molecule has 2 fully saturated rings. The summed E-state index contributed by atoms with van der Waals surface area (Å²) in [6.45, 7) is 11.5. The molecular weight excluding hydrogens is 576 g/mol. The first kappa shape index (κ1) is 33.7. The van der Waals surface area contributed by atoms with Crippen LogP contribution in [0.15, 0.2) is 43.0 Å². The second kappa shape index (κ2) is 14.8. The fourth-order valence-corrected chi connectivity index (χ4v) is 5.47. The largest absolute Gasteiger partial charge is 0.497 e. The zero-order valence-corrected chi connectivity index (χ0v) is 27.2. The highest BCUT2D eigenvalue weighted by Gasteiger charge is 2.47. The maximum Gasteiger partial charge on any atom is 0.408 e. The van der Waals surface area contributed by atoms with E-state index in [1.807, 2.05) is 32.9 Å². The van der Waals surface area contributed by atoms with E-state index in [2.05, 4.69) is 31.0 Å². The third kappa shape index (κ3) is 8.52. The Kier molecular flexibility index (Phi) is 11.1. The number of esters is 1. The molecule has 1 saturated carbocycles. The number of fused-ring (bicyclic) bond motifs is 1. The van der Waals surface area contributed by atoms with Crippen molar-refractivity contribution in [3.8, 4) is 11.6 Å². The summed E-state index contributed by atoms with van der Waals surface area (Å²) in [5.74, 6) is 0.266. The zero-order valence-electron chi connectivity index (χ0n) is 27.2. The Bertz CT molecular complexity index is 1420. The Morgan fingerprint density at radius 2 is 1.91 bits per heavy atom. The molecule has 1 saturated heterocycles. The highest BCUT2D eigenvalue weighted by molar-refractivity contribution is 5.91. The Morgan fingerprint density at radius 3 is 2.58 bits per heavy atom. The van der Waals surface area contributed by atoms with E-state index in [1.165, 1.54) is 12.0 Å². The lowest BCUT2D eigenvalue weighted by atomic mass is 9.85. The van der Waals surface area contributed by atoms with E-state index in [0.717, 1.165) is 19.3 Å². The van der Waals surface area contributed by atoms with Crippen LogP contribution in [0.5, 0.6) is 11.6 Å². The normalized spacial score (nSPS) is 21.8. The van der Waals surface area contributed by atoms with Gasteiger partial charge in [0.2, 0.25) is 11.8 Å². The number of allylic oxidation sites excluding steroid dienone is 3. The molecule has 0 bridgehead atoms. The van der Waals surface area contributed by atoms with Gasteiger partial charge in [-0.25, -0.2) is 19.6 Å². The summed E-state index contributed by atoms with van der Waals surface area (Å²) < 4.78 is 22.4. The molecule has 4 rings (SSSR count). The maximum absolute atomic E-state index is 14.1. The summed E-state index contributed by atoms with van der Waals surface area (Å²) in [5.41, 5.74) is 1.26. The van der Waals surface area contributed by atoms with Crippen LogP contribution >= 0.6 is 0 Å². The number of hydrogen-bond acceptors (Lipinski definition) is 9. The van der Waals surface area contributed by atoms with Crippen LogP contribution in [0.4, 0.5) is 4.79 Å². The van der Waals surface area contributed by atoms with Crippen molar-refractivity contribution in [1.29, 1.82) is 0 Å². The first-order chi connectivity index (χ1) is 21.5. The van der Waals surface area contributed by atoms with Gasteiger partial charge in [0.05, 0.1) is 31.8 Å². The second-order valence-electron chi connectivity index (χ2n) is 12.7. The van der Waals surface area contributed by atoms with Gasteiger partial charge in [-0.05, 0) is 49.7 Å². The van der Waals surface area contributed by atoms with Crippen molar-refractivity contribution in [3.63, 3.8) is 0 Å². The number of carbonyl (C=O) groups is 3. The molecule has 11 heteroatoms. The van der Waals surface area contributed by atoms with Crippen molar-refractivity contribution in [3.05, 3.63) is 48.7 Å². The minimum atomic E-state index is -0.954. The maximum atomic E-state index is 14.1. The zero-order chi connectivity index (χ0) is 32.7. The number of alkyl carbamates (subject to hydrolysis) is 1. The average Bonchev–Trinajstić information content (AvgIpc) is 3.60. The predicted molar refractivity (Wildman–Crippen MR) is 170 cm³/mol. The van der Waals surface area contributed by atoms with Crippen molar-refractivity contribution in [2.24, 2.45) is 11.3 Å². The van der Waals surface area contributed by atoms with Gasteiger partial charge in [-0.3, -0.25) is 4.79 Å². The molecule has 2 amide bonds. The van der Waals surface area contributed by atoms with E-state index in [4.69, 9.17) is 28.9 Å². The highest BCUT2D eigenvalue weighted by Crippen LogP contribution is 2.37. The number of hydrogen-bond donors (Lipinski definition) is 1. The third-order valence-corrected chi connectivity index (χ3v) is 8.12. The second-order valence-corrected chi connectivity index (χ2v) is 12.7. The number of aryl methyl sites for hydroxylation is 1. The van der Waals surface area contributed by atoms with E-state index in [9.17, 15) is 14.4 Å². The topological polar surface area (TPSA) is 129 Å². The van der Waals surface area contributed by atoms with Gasteiger partial charge in [-0.1, -0.05) is 45.9 Å². The number of ether oxygens (including phenoxy) is 4. The lowest BCUT2D eigenvalue weighted by Crippen LogP contribution is -2.57. The van der Waals surface area contributed by atoms with Crippen LogP contribution < -0.4 is 14.8 Å². The molecule has 5 atom stereocenters. The number of nitrogens with one attached hydrogen (secondary N) is 1. The van der Waals surface area contributed by atoms with Gasteiger partial charge in [0.25, 0.3) is 0 Å². The molecule has 1 aliphatic heterocycles. The number of methoxy groups -OCH3 is 2. The van der Waals surface area contributed by atoms with Crippen LogP contribution in [0.3, 0.4) is 0 Å².